The molecule has 3 rings (SSSR count). The van der Waals surface area contributed by atoms with Crippen molar-refractivity contribution < 1.29 is 0 Å². The number of pyridine rings is 1. The first-order valence-electron chi connectivity index (χ1n) is 7.23. The Morgan fingerprint density at radius 2 is 2.17 bits per heavy atom. The van der Waals surface area contributed by atoms with Crippen molar-refractivity contribution in [1.29, 1.82) is 0 Å². The lowest BCUT2D eigenvalue weighted by Gasteiger charge is -2.33. The highest BCUT2D eigenvalue weighted by Crippen LogP contribution is 2.32. The van der Waals surface area contributed by atoms with Crippen molar-refractivity contribution >= 4 is 0 Å². The van der Waals surface area contributed by atoms with Gasteiger partial charge in [-0.15, -0.1) is 0 Å². The molecular formula is C15H23N3. The maximum absolute atomic E-state index is 4.22. The van der Waals surface area contributed by atoms with E-state index in [0.717, 1.165) is 6.54 Å². The first kappa shape index (κ1) is 12.1. The molecule has 0 atom stereocenters. The summed E-state index contributed by atoms with van der Waals surface area (Å²) in [4.78, 5) is 6.83. The fourth-order valence-corrected chi connectivity index (χ4v) is 3.49. The molecule has 18 heavy (non-hydrogen) atoms. The molecule has 0 amide bonds. The van der Waals surface area contributed by atoms with Crippen molar-refractivity contribution in [2.45, 2.75) is 44.2 Å². The molecule has 3 heteroatoms. The predicted octanol–water partition coefficient (Wildman–Crippen LogP) is 2.19. The fraction of sp³-hybridized carbons (Fsp3) is 0.667. The molecule has 0 unspecified atom stereocenters. The Labute approximate surface area is 110 Å². The van der Waals surface area contributed by atoms with Gasteiger partial charge < -0.3 is 5.32 Å². The predicted molar refractivity (Wildman–Crippen MR) is 73.3 cm³/mol. The van der Waals surface area contributed by atoms with E-state index >= 15 is 0 Å². The van der Waals surface area contributed by atoms with E-state index in [-0.39, 0.29) is 0 Å². The van der Waals surface area contributed by atoms with Gasteiger partial charge in [0.25, 0.3) is 0 Å². The van der Waals surface area contributed by atoms with Gasteiger partial charge in [0.05, 0.1) is 0 Å². The second kappa shape index (κ2) is 5.37. The molecule has 1 aromatic rings. The van der Waals surface area contributed by atoms with Crippen molar-refractivity contribution in [1.82, 2.24) is 15.2 Å². The second-order valence-corrected chi connectivity index (χ2v) is 5.84. The van der Waals surface area contributed by atoms with Crippen LogP contribution in [0.25, 0.3) is 0 Å². The molecule has 0 radical (unpaired) electrons. The molecule has 2 aliphatic rings. The van der Waals surface area contributed by atoms with Crippen LogP contribution in [0.2, 0.25) is 0 Å². The van der Waals surface area contributed by atoms with Crippen LogP contribution in [0.3, 0.4) is 0 Å². The van der Waals surface area contributed by atoms with E-state index in [2.05, 4.69) is 21.3 Å². The van der Waals surface area contributed by atoms with Crippen LogP contribution in [0.4, 0.5) is 0 Å². The monoisotopic (exact) mass is 245 g/mol. The van der Waals surface area contributed by atoms with Gasteiger partial charge in [0.15, 0.2) is 0 Å². The fourth-order valence-electron chi connectivity index (χ4n) is 3.49. The molecule has 1 saturated heterocycles. The van der Waals surface area contributed by atoms with Crippen LogP contribution < -0.4 is 5.32 Å². The Bertz CT molecular complexity index is 371. The summed E-state index contributed by atoms with van der Waals surface area (Å²) in [5.41, 5.74) is 1.76. The topological polar surface area (TPSA) is 28.2 Å². The van der Waals surface area contributed by atoms with Gasteiger partial charge in [0.2, 0.25) is 0 Å². The Hall–Kier alpha value is -0.930. The van der Waals surface area contributed by atoms with E-state index < -0.39 is 0 Å². The van der Waals surface area contributed by atoms with Crippen LogP contribution in [0, 0.1) is 0 Å². The van der Waals surface area contributed by atoms with Crippen LogP contribution in [-0.2, 0) is 6.54 Å². The average molecular weight is 245 g/mol. The molecular weight excluding hydrogens is 222 g/mol. The van der Waals surface area contributed by atoms with Gasteiger partial charge in [-0.05, 0) is 44.0 Å². The normalized spacial score (nSPS) is 24.2. The third-order valence-electron chi connectivity index (χ3n) is 4.37. The Kier molecular flexibility index (Phi) is 3.62. The second-order valence-electron chi connectivity index (χ2n) is 5.84. The summed E-state index contributed by atoms with van der Waals surface area (Å²) in [7, 11) is 0. The lowest BCUT2D eigenvalue weighted by Crippen LogP contribution is -2.49. The number of hydrogen-bond acceptors (Lipinski definition) is 3. The van der Waals surface area contributed by atoms with Gasteiger partial charge >= 0.3 is 0 Å². The Balaban J connectivity index is 1.68. The Morgan fingerprint density at radius 1 is 1.28 bits per heavy atom. The van der Waals surface area contributed by atoms with E-state index in [4.69, 9.17) is 0 Å². The minimum absolute atomic E-state index is 0.415. The van der Waals surface area contributed by atoms with Gasteiger partial charge in [-0.25, -0.2) is 0 Å². The van der Waals surface area contributed by atoms with Crippen LogP contribution in [0.15, 0.2) is 24.5 Å². The number of hydrogen-bond donors (Lipinski definition) is 1. The molecule has 0 bridgehead atoms. The molecule has 1 aromatic heterocycles. The van der Waals surface area contributed by atoms with Crippen molar-refractivity contribution in [3.8, 4) is 0 Å². The minimum atomic E-state index is 0.415. The molecule has 3 nitrogen and oxygen atoms in total. The summed E-state index contributed by atoms with van der Waals surface area (Å²) < 4.78 is 0. The van der Waals surface area contributed by atoms with Gasteiger partial charge in [0, 0.05) is 31.0 Å². The van der Waals surface area contributed by atoms with Crippen molar-refractivity contribution in [3.63, 3.8) is 0 Å². The lowest BCUT2D eigenvalue weighted by atomic mass is 9.97. The quantitative estimate of drug-likeness (QED) is 0.865. The maximum atomic E-state index is 4.22. The van der Waals surface area contributed by atoms with E-state index in [1.54, 1.807) is 0 Å². The largest absolute Gasteiger partial charge is 0.310 e. The third-order valence-corrected chi connectivity index (χ3v) is 4.37. The molecule has 2 heterocycles. The van der Waals surface area contributed by atoms with Gasteiger partial charge in [-0.1, -0.05) is 18.9 Å². The number of nitrogens with one attached hydrogen (secondary N) is 1. The van der Waals surface area contributed by atoms with E-state index in [9.17, 15) is 0 Å². The minimum Gasteiger partial charge on any atom is -0.310 e. The smallest absolute Gasteiger partial charge is 0.0312 e. The maximum Gasteiger partial charge on any atom is 0.0312 e. The van der Waals surface area contributed by atoms with E-state index in [0.29, 0.717) is 5.54 Å². The van der Waals surface area contributed by atoms with Crippen LogP contribution in [0.5, 0.6) is 0 Å². The third kappa shape index (κ3) is 2.73. The number of rotatable bonds is 2. The number of nitrogens with zero attached hydrogens (tertiary/aromatic N) is 2. The highest BCUT2D eigenvalue weighted by molar-refractivity contribution is 5.09. The summed E-state index contributed by atoms with van der Waals surface area (Å²) in [5.74, 6) is 0. The van der Waals surface area contributed by atoms with Crippen LogP contribution in [0.1, 0.15) is 37.7 Å². The summed E-state index contributed by atoms with van der Waals surface area (Å²) in [6, 6.07) is 4.23. The summed E-state index contributed by atoms with van der Waals surface area (Å²) >= 11 is 0. The van der Waals surface area contributed by atoms with Crippen molar-refractivity contribution in [2.24, 2.45) is 0 Å². The summed E-state index contributed by atoms with van der Waals surface area (Å²) in [6.45, 7) is 4.66. The SMILES string of the molecule is c1cncc(CN2CCCNC3(CCCC3)C2)c1. The van der Waals surface area contributed by atoms with Gasteiger partial charge in [-0.2, -0.15) is 0 Å². The lowest BCUT2D eigenvalue weighted by molar-refractivity contribution is 0.203. The zero-order valence-electron chi connectivity index (χ0n) is 11.1. The first-order valence-corrected chi connectivity index (χ1v) is 7.23. The van der Waals surface area contributed by atoms with Crippen molar-refractivity contribution in [2.75, 3.05) is 19.6 Å². The van der Waals surface area contributed by atoms with E-state index in [1.165, 1.54) is 57.3 Å². The molecule has 2 fully saturated rings. The molecule has 1 aliphatic heterocycles. The highest BCUT2D eigenvalue weighted by atomic mass is 15.2. The van der Waals surface area contributed by atoms with Gasteiger partial charge in [0.1, 0.15) is 0 Å². The zero-order valence-corrected chi connectivity index (χ0v) is 11.1. The Morgan fingerprint density at radius 3 is 2.94 bits per heavy atom. The van der Waals surface area contributed by atoms with E-state index in [1.807, 2.05) is 18.5 Å². The average Bonchev–Trinajstić information content (AvgIpc) is 2.75. The molecule has 98 valence electrons. The van der Waals surface area contributed by atoms with Crippen LogP contribution in [-0.4, -0.2) is 35.1 Å². The summed E-state index contributed by atoms with van der Waals surface area (Å²) in [6.07, 6.45) is 10.6. The molecule has 1 aliphatic carbocycles. The zero-order chi connectivity index (χ0) is 12.3. The van der Waals surface area contributed by atoms with Crippen molar-refractivity contribution in [3.05, 3.63) is 30.1 Å². The number of aromatic nitrogens is 1. The highest BCUT2D eigenvalue weighted by Gasteiger charge is 2.36. The standard InChI is InChI=1S/C15H23N3/c1-2-7-15(6-1)13-18(10-4-9-17-15)12-14-5-3-8-16-11-14/h3,5,8,11,17H,1-2,4,6-7,9-10,12-13H2. The first-order chi connectivity index (χ1) is 8.86. The van der Waals surface area contributed by atoms with Crippen LogP contribution >= 0.6 is 0 Å². The molecule has 1 N–H and O–H groups in total. The molecule has 1 saturated carbocycles. The molecule has 1 spiro atoms. The molecule has 0 aromatic carbocycles. The summed E-state index contributed by atoms with van der Waals surface area (Å²) in [5, 5.41) is 3.82. The van der Waals surface area contributed by atoms with Gasteiger partial charge in [-0.3, -0.25) is 9.88 Å².